The predicted octanol–water partition coefficient (Wildman–Crippen LogP) is 7.17. The number of amides is 3. The van der Waals surface area contributed by atoms with E-state index >= 15 is 0 Å². The van der Waals surface area contributed by atoms with Gasteiger partial charge in [-0.05, 0) is 113 Å². The maximum atomic E-state index is 14.3. The second kappa shape index (κ2) is 20.3. The van der Waals surface area contributed by atoms with Crippen molar-refractivity contribution < 1.29 is 41.4 Å². The Kier molecular flexibility index (Phi) is 14.4. The lowest BCUT2D eigenvalue weighted by Gasteiger charge is -2.47. The number of sulfonamides is 1. The minimum absolute atomic E-state index is 0.0857. The Bertz CT molecular complexity index is 2990. The van der Waals surface area contributed by atoms with Crippen molar-refractivity contribution in [2.24, 2.45) is 15.9 Å². The number of imidazole rings is 1. The third-order valence-electron chi connectivity index (χ3n) is 14.5. The number of carbonyl (C=O) groups is 3. The summed E-state index contributed by atoms with van der Waals surface area (Å²) in [5.74, 6) is 0.286. The maximum Gasteiger partial charge on any atom is 0.410 e. The average Bonchev–Trinajstić information content (AvgIpc) is 4.24. The number of carbonyl (C=O) groups excluding carboxylic acids is 3. The van der Waals surface area contributed by atoms with Crippen LogP contribution in [0.5, 0.6) is 0 Å². The number of hydrogen-bond acceptors (Lipinski definition) is 14. The largest absolute Gasteiger partial charge is 0.453 e. The Labute approximate surface area is 428 Å². The fourth-order valence-electron chi connectivity index (χ4n) is 10.8. The van der Waals surface area contributed by atoms with E-state index in [2.05, 4.69) is 15.3 Å². The van der Waals surface area contributed by atoms with Crippen LogP contribution in [0.2, 0.25) is 0 Å². The van der Waals surface area contributed by atoms with Crippen LogP contribution in [0, 0.1) is 5.92 Å². The number of aliphatic imine (C=N–C) groups is 2. The van der Waals surface area contributed by atoms with Gasteiger partial charge in [-0.1, -0.05) is 31.2 Å². The maximum absolute atomic E-state index is 14.3. The molecule has 9 rings (SSSR count). The predicted molar refractivity (Wildman–Crippen MR) is 279 cm³/mol. The molecule has 0 bridgehead atoms. The molecule has 4 aromatic rings. The third-order valence-corrected chi connectivity index (χ3v) is 18.5. The third kappa shape index (κ3) is 10.7. The lowest BCUT2D eigenvalue weighted by atomic mass is 9.89. The summed E-state index contributed by atoms with van der Waals surface area (Å²) in [7, 11) is -6.16. The van der Waals surface area contributed by atoms with Gasteiger partial charge < -0.3 is 33.9 Å². The molecule has 3 saturated heterocycles. The first kappa shape index (κ1) is 51.8. The van der Waals surface area contributed by atoms with E-state index in [0.717, 1.165) is 34.7 Å². The Hall–Kier alpha value is -6.10. The van der Waals surface area contributed by atoms with Gasteiger partial charge in [-0.15, -0.1) is 10.8 Å². The van der Waals surface area contributed by atoms with Crippen LogP contribution in [0.4, 0.5) is 9.59 Å². The zero-order valence-electron chi connectivity index (χ0n) is 42.3. The summed E-state index contributed by atoms with van der Waals surface area (Å²) in [6, 6.07) is 17.5. The van der Waals surface area contributed by atoms with Gasteiger partial charge >= 0.3 is 12.2 Å². The normalized spacial score (nSPS) is 22.8. The van der Waals surface area contributed by atoms with E-state index in [1.807, 2.05) is 74.5 Å². The van der Waals surface area contributed by atoms with Gasteiger partial charge in [0.1, 0.15) is 17.1 Å². The van der Waals surface area contributed by atoms with Crippen LogP contribution < -0.4 is 5.32 Å². The highest BCUT2D eigenvalue weighted by molar-refractivity contribution is 8.22. The number of likely N-dealkylation sites (N-methyl/N-ethyl adjacent to an activating group) is 1. The van der Waals surface area contributed by atoms with E-state index in [0.29, 0.717) is 61.5 Å². The zero-order valence-corrected chi connectivity index (χ0v) is 43.9. The van der Waals surface area contributed by atoms with Crippen LogP contribution in [-0.2, 0) is 37.4 Å². The molecular formula is C52H66N10O9S2. The lowest BCUT2D eigenvalue weighted by Crippen LogP contribution is -2.52. The van der Waals surface area contributed by atoms with E-state index in [9.17, 15) is 31.9 Å². The Balaban J connectivity index is 0.917. The van der Waals surface area contributed by atoms with Gasteiger partial charge in [-0.25, -0.2) is 23.0 Å². The second-order valence-electron chi connectivity index (χ2n) is 20.6. The van der Waals surface area contributed by atoms with Gasteiger partial charge in [0.15, 0.2) is 0 Å². The second-order valence-corrected chi connectivity index (χ2v) is 24.5. The molecule has 5 aliphatic heterocycles. The molecule has 1 spiro atoms. The van der Waals surface area contributed by atoms with Crippen molar-refractivity contribution in [1.29, 1.82) is 0 Å². The molecule has 3 atom stereocenters. The highest BCUT2D eigenvalue weighted by atomic mass is 32.3. The molecule has 5 aliphatic rings. The molecule has 21 heteroatoms. The van der Waals surface area contributed by atoms with Crippen molar-refractivity contribution >= 4 is 56.1 Å². The van der Waals surface area contributed by atoms with Crippen molar-refractivity contribution in [1.82, 2.24) is 38.0 Å². The van der Waals surface area contributed by atoms with E-state index in [4.69, 9.17) is 14.5 Å². The molecule has 3 amide bonds. The van der Waals surface area contributed by atoms with Crippen LogP contribution in [0.3, 0.4) is 0 Å². The minimum atomic E-state index is -3.92. The highest BCUT2D eigenvalue weighted by Crippen LogP contribution is 2.53. The molecule has 73 heavy (non-hydrogen) atoms. The number of nitrogens with zero attached hydrogens (tertiary/aromatic N) is 9. The summed E-state index contributed by atoms with van der Waals surface area (Å²) in [6.07, 6.45) is 12.2. The topological polar surface area (TPSA) is 215 Å². The fraction of sp³-hybridized carbons (Fsp3) is 0.462. The first-order valence-electron chi connectivity index (χ1n) is 24.8. The Morgan fingerprint density at radius 2 is 1.68 bits per heavy atom. The summed E-state index contributed by atoms with van der Waals surface area (Å²) in [5, 5.41) is 2.95. The van der Waals surface area contributed by atoms with Crippen molar-refractivity contribution in [3.05, 3.63) is 120 Å². The standard InChI is InChI=1S/C52H66N10O9S2/c1-7-60(72(66,67)42-15-9-38(10-16-42)31-56-47(63)40-14-20-45-54-24-28-58(45)33-40)35-51(5)29-41(34-61(51)49(65)70-6)46(39-13-19-44-53-23-27-57(44)32-39)55-30-37-11-17-43(18-12-37)73(68,69)62-25-8-21-52(62)22-26-59(36-52)48(64)71-50(2,3)4/h9-20,23,27,32-33,41,66-67H,7-8,21-22,24-26,28-31,34-36H2,1-6H3,(H,56,63). The Morgan fingerprint density at radius 1 is 0.945 bits per heavy atom. The summed E-state index contributed by atoms with van der Waals surface area (Å²) < 4.78 is 68.7. The van der Waals surface area contributed by atoms with Crippen molar-refractivity contribution in [3.63, 3.8) is 0 Å². The van der Waals surface area contributed by atoms with E-state index in [-0.39, 0.29) is 56.0 Å². The average molecular weight is 1040 g/mol. The Morgan fingerprint density at radius 3 is 2.41 bits per heavy atom. The monoisotopic (exact) mass is 1040 g/mol. The van der Waals surface area contributed by atoms with Gasteiger partial charge in [-0.3, -0.25) is 23.9 Å². The summed E-state index contributed by atoms with van der Waals surface area (Å²) >= 11 is 0. The van der Waals surface area contributed by atoms with Crippen LogP contribution in [0.1, 0.15) is 77.0 Å². The van der Waals surface area contributed by atoms with Crippen LogP contribution >= 0.6 is 10.8 Å². The quantitative estimate of drug-likeness (QED) is 0.107. The van der Waals surface area contributed by atoms with Crippen LogP contribution in [0.25, 0.3) is 5.65 Å². The van der Waals surface area contributed by atoms with Gasteiger partial charge in [0.2, 0.25) is 10.0 Å². The minimum Gasteiger partial charge on any atom is -0.453 e. The highest BCUT2D eigenvalue weighted by Gasteiger charge is 2.53. The summed E-state index contributed by atoms with van der Waals surface area (Å²) in [6.45, 7) is 12.7. The number of pyridine rings is 1. The SMILES string of the molecule is CCN(CC1(C)CC(C(=NCc2ccc(S(=O)(=O)N3CCCC34CCN(C(=O)OC(C)(C)C)C4)cc2)c2ccc3nccn3c2)CN1C(=O)OC)S(O)(O)c1ccc(CNC(=O)C2=CN3CCN=C3C=C2)cc1. The lowest BCUT2D eigenvalue weighted by molar-refractivity contribution is -0.117. The number of nitrogens with one attached hydrogen (secondary N) is 1. The van der Waals surface area contributed by atoms with Gasteiger partial charge in [0.05, 0.1) is 46.6 Å². The molecule has 0 radical (unpaired) electrons. The number of methoxy groups -OCH3 is 1. The first-order valence-corrected chi connectivity index (χ1v) is 27.7. The van der Waals surface area contributed by atoms with E-state index in [1.165, 1.54) is 7.11 Å². The fourth-order valence-corrected chi connectivity index (χ4v) is 14.2. The van der Waals surface area contributed by atoms with Crippen molar-refractivity contribution in [3.8, 4) is 0 Å². The number of ether oxygens (including phenoxy) is 2. The van der Waals surface area contributed by atoms with Crippen LogP contribution in [-0.4, -0.2) is 156 Å². The van der Waals surface area contributed by atoms with Crippen molar-refractivity contribution in [2.45, 2.75) is 99.9 Å². The van der Waals surface area contributed by atoms with E-state index < -0.39 is 49.7 Å². The molecular weight excluding hydrogens is 973 g/mol. The number of benzene rings is 2. The number of amidine groups is 1. The van der Waals surface area contributed by atoms with Gasteiger partial charge in [-0.2, -0.15) is 8.61 Å². The number of fused-ring (bicyclic) bond motifs is 2. The summed E-state index contributed by atoms with van der Waals surface area (Å²) in [4.78, 5) is 59.4. The molecule has 0 aliphatic carbocycles. The molecule has 3 fully saturated rings. The molecule has 7 heterocycles. The first-order chi connectivity index (χ1) is 34.7. The van der Waals surface area contributed by atoms with E-state index in [1.54, 1.807) is 85.4 Å². The van der Waals surface area contributed by atoms with Gasteiger partial charge in [0.25, 0.3) is 5.91 Å². The number of hydrogen-bond donors (Lipinski definition) is 3. The number of aromatic nitrogens is 2. The molecule has 2 aromatic carbocycles. The zero-order chi connectivity index (χ0) is 51.9. The molecule has 390 valence electrons. The van der Waals surface area contributed by atoms with Gasteiger partial charge in [0, 0.05) is 94.3 Å². The number of likely N-dealkylation sites (tertiary alicyclic amines) is 2. The van der Waals surface area contributed by atoms with Crippen molar-refractivity contribution in [2.75, 3.05) is 59.5 Å². The number of rotatable bonds is 14. The molecule has 3 N–H and O–H groups in total. The molecule has 3 unspecified atom stereocenters. The summed E-state index contributed by atoms with van der Waals surface area (Å²) in [5.41, 5.74) is 2.01. The van der Waals surface area contributed by atoms with Crippen LogP contribution in [0.15, 0.2) is 123 Å². The molecule has 19 nitrogen and oxygen atoms in total. The smallest absolute Gasteiger partial charge is 0.410 e. The molecule has 2 aromatic heterocycles. The molecule has 0 saturated carbocycles.